The number of aliphatic imine (C=N–C) groups is 1. The van der Waals surface area contributed by atoms with E-state index in [1.807, 2.05) is 24.3 Å². The molecule has 0 saturated heterocycles. The third-order valence-electron chi connectivity index (χ3n) is 1.09. The van der Waals surface area contributed by atoms with Gasteiger partial charge in [-0.15, -0.1) is 0 Å². The van der Waals surface area contributed by atoms with Crippen LogP contribution in [-0.2, 0) is 6.54 Å². The number of hydrogen-bond donors (Lipinski definition) is 0. The van der Waals surface area contributed by atoms with Crippen molar-refractivity contribution in [1.82, 2.24) is 0 Å². The van der Waals surface area contributed by atoms with E-state index >= 15 is 0 Å². The predicted octanol–water partition coefficient (Wildman–Crippen LogP) is 2.09. The molecule has 49 valence electrons. The van der Waals surface area contributed by atoms with Crippen LogP contribution in [0.5, 0.6) is 0 Å². The molecular formula is C8H6NS. The van der Waals surface area contributed by atoms with Gasteiger partial charge in [-0.25, -0.2) is 4.99 Å². The molecule has 0 fully saturated rings. The first kappa shape index (κ1) is 7.13. The van der Waals surface area contributed by atoms with Gasteiger partial charge in [0.05, 0.1) is 11.7 Å². The molecule has 0 unspecified atom stereocenters. The first-order valence-corrected chi connectivity index (χ1v) is 3.33. The van der Waals surface area contributed by atoms with E-state index in [2.05, 4.69) is 28.4 Å². The molecule has 2 heteroatoms. The fourth-order valence-electron chi connectivity index (χ4n) is 0.646. The summed E-state index contributed by atoms with van der Waals surface area (Å²) in [6, 6.07) is 10.7. The van der Waals surface area contributed by atoms with Crippen molar-refractivity contribution in [2.24, 2.45) is 4.99 Å². The largest absolute Gasteiger partial charge is 0.228 e. The average Bonchev–Trinajstić information content (AvgIpc) is 2.03. The van der Waals surface area contributed by atoms with Crippen molar-refractivity contribution >= 4 is 17.4 Å². The Hall–Kier alpha value is -0.980. The molecule has 1 aromatic carbocycles. The Balaban J connectivity index is 2.67. The average molecular weight is 148 g/mol. The fourth-order valence-corrected chi connectivity index (χ4v) is 0.711. The monoisotopic (exact) mass is 148 g/mol. The lowest BCUT2D eigenvalue weighted by Gasteiger charge is -1.89. The van der Waals surface area contributed by atoms with E-state index in [0.717, 1.165) is 5.56 Å². The summed E-state index contributed by atoms with van der Waals surface area (Å²) in [5, 5.41) is 2.30. The van der Waals surface area contributed by atoms with Crippen LogP contribution in [0.3, 0.4) is 0 Å². The van der Waals surface area contributed by atoms with Crippen LogP contribution in [0.15, 0.2) is 29.3 Å². The molecule has 0 spiro atoms. The Morgan fingerprint density at radius 2 is 2.50 bits per heavy atom. The maximum Gasteiger partial charge on any atom is 0.0749 e. The Bertz CT molecular complexity index is 237. The molecule has 1 aromatic rings. The van der Waals surface area contributed by atoms with E-state index in [1.165, 1.54) is 0 Å². The highest BCUT2D eigenvalue weighted by Crippen LogP contribution is 1.97. The minimum Gasteiger partial charge on any atom is -0.228 e. The summed E-state index contributed by atoms with van der Waals surface area (Å²) in [5.41, 5.74) is 1.04. The summed E-state index contributed by atoms with van der Waals surface area (Å²) in [6.07, 6.45) is 0. The summed E-state index contributed by atoms with van der Waals surface area (Å²) >= 11 is 4.42. The van der Waals surface area contributed by atoms with Crippen LogP contribution in [-0.4, -0.2) is 5.16 Å². The Kier molecular flexibility index (Phi) is 2.81. The lowest BCUT2D eigenvalue weighted by atomic mass is 10.2. The Labute approximate surface area is 65.4 Å². The van der Waals surface area contributed by atoms with Gasteiger partial charge in [0.15, 0.2) is 0 Å². The molecular weight excluding hydrogens is 142 g/mol. The van der Waals surface area contributed by atoms with Gasteiger partial charge in [-0.1, -0.05) is 24.3 Å². The molecule has 0 bridgehead atoms. The number of isothiocyanates is 1. The maximum absolute atomic E-state index is 4.42. The lowest BCUT2D eigenvalue weighted by molar-refractivity contribution is 1.08. The minimum absolute atomic E-state index is 0.588. The van der Waals surface area contributed by atoms with Crippen molar-refractivity contribution in [3.8, 4) is 0 Å². The number of nitrogens with zero attached hydrogens (tertiary/aromatic N) is 1. The zero-order valence-electron chi connectivity index (χ0n) is 5.37. The van der Waals surface area contributed by atoms with Gasteiger partial charge < -0.3 is 0 Å². The second kappa shape index (κ2) is 3.94. The molecule has 0 aliphatic carbocycles. The van der Waals surface area contributed by atoms with Gasteiger partial charge in [-0.05, 0) is 23.8 Å². The molecule has 0 amide bonds. The van der Waals surface area contributed by atoms with E-state index in [4.69, 9.17) is 0 Å². The van der Waals surface area contributed by atoms with Crippen LogP contribution >= 0.6 is 12.2 Å². The van der Waals surface area contributed by atoms with E-state index in [-0.39, 0.29) is 0 Å². The summed E-state index contributed by atoms with van der Waals surface area (Å²) in [6.45, 7) is 0.588. The molecule has 0 heterocycles. The van der Waals surface area contributed by atoms with E-state index < -0.39 is 0 Å². The molecule has 0 aliphatic rings. The quantitative estimate of drug-likeness (QED) is 0.462. The summed E-state index contributed by atoms with van der Waals surface area (Å²) in [5.74, 6) is 0. The summed E-state index contributed by atoms with van der Waals surface area (Å²) in [4.78, 5) is 3.78. The highest BCUT2D eigenvalue weighted by molar-refractivity contribution is 7.78. The van der Waals surface area contributed by atoms with Crippen molar-refractivity contribution in [2.75, 3.05) is 0 Å². The van der Waals surface area contributed by atoms with E-state index in [0.29, 0.717) is 6.54 Å². The zero-order chi connectivity index (χ0) is 7.23. The maximum atomic E-state index is 4.42. The zero-order valence-corrected chi connectivity index (χ0v) is 6.19. The van der Waals surface area contributed by atoms with Gasteiger partial charge >= 0.3 is 0 Å². The SMILES string of the molecule is S=C=NCc1[c]cccc1. The van der Waals surface area contributed by atoms with E-state index in [9.17, 15) is 0 Å². The number of hydrogen-bond acceptors (Lipinski definition) is 2. The molecule has 0 saturated carbocycles. The molecule has 0 atom stereocenters. The fraction of sp³-hybridized carbons (Fsp3) is 0.125. The van der Waals surface area contributed by atoms with Crippen molar-refractivity contribution in [3.05, 3.63) is 35.9 Å². The number of benzene rings is 1. The van der Waals surface area contributed by atoms with Gasteiger partial charge in [0.1, 0.15) is 0 Å². The smallest absolute Gasteiger partial charge is 0.0749 e. The third-order valence-corrected chi connectivity index (χ3v) is 1.22. The van der Waals surface area contributed by atoms with Crippen molar-refractivity contribution in [1.29, 1.82) is 0 Å². The standard InChI is InChI=1S/C8H6NS/c10-7-9-6-8-4-2-1-3-5-8/h1-4H,6H2. The van der Waals surface area contributed by atoms with E-state index in [1.54, 1.807) is 0 Å². The second-order valence-corrected chi connectivity index (χ2v) is 1.98. The normalized spacial score (nSPS) is 8.40. The lowest BCUT2D eigenvalue weighted by Crippen LogP contribution is -1.77. The highest BCUT2D eigenvalue weighted by Gasteiger charge is 1.84. The molecule has 0 N–H and O–H groups in total. The summed E-state index contributed by atoms with van der Waals surface area (Å²) < 4.78 is 0. The summed E-state index contributed by atoms with van der Waals surface area (Å²) in [7, 11) is 0. The molecule has 0 aromatic heterocycles. The van der Waals surface area contributed by atoms with Gasteiger partial charge in [0.25, 0.3) is 0 Å². The highest BCUT2D eigenvalue weighted by atomic mass is 32.1. The van der Waals surface area contributed by atoms with Gasteiger partial charge in [-0.3, -0.25) is 0 Å². The van der Waals surface area contributed by atoms with Crippen LogP contribution in [0.25, 0.3) is 0 Å². The van der Waals surface area contributed by atoms with Crippen LogP contribution in [0.1, 0.15) is 5.56 Å². The number of rotatable bonds is 2. The Morgan fingerprint density at radius 1 is 1.60 bits per heavy atom. The first-order chi connectivity index (χ1) is 4.93. The molecule has 1 nitrogen and oxygen atoms in total. The molecule has 10 heavy (non-hydrogen) atoms. The van der Waals surface area contributed by atoms with Crippen LogP contribution in [0, 0.1) is 6.07 Å². The van der Waals surface area contributed by atoms with Gasteiger partial charge in [0, 0.05) is 0 Å². The predicted molar refractivity (Wildman–Crippen MR) is 44.0 cm³/mol. The number of thiocarbonyl (C=S) groups is 1. The Morgan fingerprint density at radius 3 is 3.10 bits per heavy atom. The first-order valence-electron chi connectivity index (χ1n) is 2.92. The molecule has 1 radical (unpaired) electrons. The molecule has 0 aliphatic heterocycles. The van der Waals surface area contributed by atoms with Crippen molar-refractivity contribution in [2.45, 2.75) is 6.54 Å². The van der Waals surface area contributed by atoms with Crippen LogP contribution in [0.4, 0.5) is 0 Å². The van der Waals surface area contributed by atoms with Crippen molar-refractivity contribution < 1.29 is 0 Å². The van der Waals surface area contributed by atoms with Gasteiger partial charge in [0.2, 0.25) is 0 Å². The van der Waals surface area contributed by atoms with Crippen LogP contribution < -0.4 is 0 Å². The van der Waals surface area contributed by atoms with Gasteiger partial charge in [-0.2, -0.15) is 0 Å². The van der Waals surface area contributed by atoms with Crippen LogP contribution in [0.2, 0.25) is 0 Å². The second-order valence-electron chi connectivity index (χ2n) is 1.80. The third kappa shape index (κ3) is 2.09. The van der Waals surface area contributed by atoms with Crippen molar-refractivity contribution in [3.63, 3.8) is 0 Å². The minimum atomic E-state index is 0.588. The topological polar surface area (TPSA) is 12.4 Å². The molecule has 1 rings (SSSR count).